The van der Waals surface area contributed by atoms with Crippen LogP contribution in [-0.4, -0.2) is 10.5 Å². The van der Waals surface area contributed by atoms with Crippen molar-refractivity contribution in [2.24, 2.45) is 0 Å². The van der Waals surface area contributed by atoms with Crippen LogP contribution in [-0.2, 0) is 24.3 Å². The van der Waals surface area contributed by atoms with Gasteiger partial charge in [0.05, 0.1) is 13.0 Å². The van der Waals surface area contributed by atoms with Gasteiger partial charge in [0.25, 0.3) is 11.7 Å². The number of ether oxygens (including phenoxy) is 1. The SMILES string of the molecule is O=C(C[n+]1cc(-c2ccc(F)cc2)n2c1CCC2)Nc1ccc(Oc2ccccc2)cc1. The summed E-state index contributed by atoms with van der Waals surface area (Å²) in [6.45, 7) is 1.12. The number of fused-ring (bicyclic) bond motifs is 1. The van der Waals surface area contributed by atoms with E-state index in [1.165, 1.54) is 12.1 Å². The van der Waals surface area contributed by atoms with Gasteiger partial charge in [0, 0.05) is 11.3 Å². The molecule has 160 valence electrons. The Morgan fingerprint density at radius 1 is 0.969 bits per heavy atom. The molecule has 0 unspecified atom stereocenters. The van der Waals surface area contributed by atoms with Crippen LogP contribution in [0.5, 0.6) is 11.5 Å². The standard InChI is InChI=1S/C26H22FN3O2/c27-20-10-8-19(9-11-20)24-17-29(26-7-4-16-30(24)26)18-25(31)28-21-12-14-23(15-13-21)32-22-5-2-1-3-6-22/h1-3,5-6,8-15,17H,4,7,16,18H2/p+1. The van der Waals surface area contributed by atoms with Gasteiger partial charge in [-0.1, -0.05) is 18.2 Å². The summed E-state index contributed by atoms with van der Waals surface area (Å²) in [7, 11) is 0. The van der Waals surface area contributed by atoms with E-state index in [2.05, 4.69) is 9.88 Å². The summed E-state index contributed by atoms with van der Waals surface area (Å²) in [5, 5.41) is 2.95. The quantitative estimate of drug-likeness (QED) is 0.441. The van der Waals surface area contributed by atoms with Crippen molar-refractivity contribution in [2.75, 3.05) is 5.32 Å². The minimum atomic E-state index is -0.255. The molecule has 1 amide bonds. The first-order valence-electron chi connectivity index (χ1n) is 10.7. The lowest BCUT2D eigenvalue weighted by atomic mass is 10.1. The molecule has 0 spiro atoms. The lowest BCUT2D eigenvalue weighted by Crippen LogP contribution is -2.42. The first-order valence-corrected chi connectivity index (χ1v) is 10.7. The number of rotatable bonds is 6. The van der Waals surface area contributed by atoms with Crippen LogP contribution in [0, 0.1) is 5.82 Å². The van der Waals surface area contributed by atoms with Crippen molar-refractivity contribution in [1.29, 1.82) is 0 Å². The maximum absolute atomic E-state index is 13.3. The van der Waals surface area contributed by atoms with Gasteiger partial charge in [-0.15, -0.1) is 0 Å². The minimum absolute atomic E-state index is 0.0994. The molecule has 1 aliphatic rings. The Kier molecular flexibility index (Phi) is 5.42. The number of carbonyl (C=O) groups is 1. The molecular weight excluding hydrogens is 405 g/mol. The van der Waals surface area contributed by atoms with Crippen molar-refractivity contribution < 1.29 is 18.5 Å². The van der Waals surface area contributed by atoms with Crippen molar-refractivity contribution in [3.8, 4) is 22.8 Å². The number of carbonyl (C=O) groups excluding carboxylic acids is 1. The molecule has 3 aromatic carbocycles. The van der Waals surface area contributed by atoms with Crippen LogP contribution in [0.25, 0.3) is 11.3 Å². The Bertz CT molecular complexity index is 1230. The summed E-state index contributed by atoms with van der Waals surface area (Å²) >= 11 is 0. The fourth-order valence-electron chi connectivity index (χ4n) is 4.08. The molecule has 1 aromatic heterocycles. The van der Waals surface area contributed by atoms with E-state index in [9.17, 15) is 9.18 Å². The number of aromatic nitrogens is 2. The third-order valence-electron chi connectivity index (χ3n) is 5.57. The number of benzene rings is 3. The van der Waals surface area contributed by atoms with Gasteiger partial charge < -0.3 is 10.1 Å². The predicted octanol–water partition coefficient (Wildman–Crippen LogP) is 4.96. The number of nitrogens with one attached hydrogen (secondary N) is 1. The van der Waals surface area contributed by atoms with Crippen LogP contribution in [0.4, 0.5) is 10.1 Å². The van der Waals surface area contributed by atoms with Gasteiger partial charge in [-0.25, -0.2) is 13.5 Å². The normalized spacial score (nSPS) is 12.4. The van der Waals surface area contributed by atoms with Gasteiger partial charge in [-0.05, 0) is 67.1 Å². The van der Waals surface area contributed by atoms with Crippen LogP contribution in [0.3, 0.4) is 0 Å². The van der Waals surface area contributed by atoms with Crippen LogP contribution in [0.1, 0.15) is 12.2 Å². The molecule has 6 heteroatoms. The monoisotopic (exact) mass is 428 g/mol. The third kappa shape index (κ3) is 4.25. The molecule has 1 aliphatic heterocycles. The number of para-hydroxylation sites is 1. The van der Waals surface area contributed by atoms with E-state index in [-0.39, 0.29) is 18.3 Å². The summed E-state index contributed by atoms with van der Waals surface area (Å²) in [5.74, 6) is 2.23. The van der Waals surface area contributed by atoms with E-state index in [0.29, 0.717) is 11.4 Å². The van der Waals surface area contributed by atoms with Gasteiger partial charge in [-0.2, -0.15) is 0 Å². The summed E-state index contributed by atoms with van der Waals surface area (Å²) in [6, 6.07) is 23.4. The molecule has 32 heavy (non-hydrogen) atoms. The lowest BCUT2D eigenvalue weighted by Gasteiger charge is -2.07. The number of amides is 1. The van der Waals surface area contributed by atoms with Crippen molar-refractivity contribution in [3.63, 3.8) is 0 Å². The van der Waals surface area contributed by atoms with Crippen LogP contribution < -0.4 is 14.6 Å². The Morgan fingerprint density at radius 2 is 1.69 bits per heavy atom. The van der Waals surface area contributed by atoms with Gasteiger partial charge in [0.1, 0.15) is 23.5 Å². The molecule has 0 radical (unpaired) electrons. The largest absolute Gasteiger partial charge is 0.457 e. The van der Waals surface area contributed by atoms with E-state index in [4.69, 9.17) is 4.74 Å². The molecule has 0 aliphatic carbocycles. The highest BCUT2D eigenvalue weighted by molar-refractivity contribution is 5.89. The molecule has 0 fully saturated rings. The topological polar surface area (TPSA) is 47.1 Å². The van der Waals surface area contributed by atoms with Crippen molar-refractivity contribution in [2.45, 2.75) is 25.9 Å². The van der Waals surface area contributed by atoms with E-state index in [1.807, 2.05) is 65.4 Å². The Hall–Kier alpha value is -3.93. The molecule has 0 saturated carbocycles. The molecule has 4 aromatic rings. The smallest absolute Gasteiger partial charge is 0.266 e. The fraction of sp³-hybridized carbons (Fsp3) is 0.154. The van der Waals surface area contributed by atoms with Crippen molar-refractivity contribution in [3.05, 3.63) is 96.7 Å². The molecule has 0 bridgehead atoms. The minimum Gasteiger partial charge on any atom is -0.457 e. The zero-order valence-corrected chi connectivity index (χ0v) is 17.5. The molecule has 0 saturated heterocycles. The Morgan fingerprint density at radius 3 is 2.44 bits per heavy atom. The molecule has 1 N–H and O–H groups in total. The van der Waals surface area contributed by atoms with Gasteiger partial charge in [0.15, 0.2) is 12.2 Å². The van der Waals surface area contributed by atoms with E-state index < -0.39 is 0 Å². The van der Waals surface area contributed by atoms with Gasteiger partial charge >= 0.3 is 0 Å². The van der Waals surface area contributed by atoms with Crippen molar-refractivity contribution in [1.82, 2.24) is 4.57 Å². The average molecular weight is 428 g/mol. The third-order valence-corrected chi connectivity index (χ3v) is 5.57. The summed E-state index contributed by atoms with van der Waals surface area (Å²) in [4.78, 5) is 12.7. The second-order valence-corrected chi connectivity index (χ2v) is 7.81. The van der Waals surface area contributed by atoms with E-state index in [0.717, 1.165) is 42.2 Å². The van der Waals surface area contributed by atoms with Gasteiger partial charge in [0.2, 0.25) is 0 Å². The van der Waals surface area contributed by atoms with Crippen molar-refractivity contribution >= 4 is 11.6 Å². The van der Waals surface area contributed by atoms with E-state index in [1.54, 1.807) is 12.1 Å². The first kappa shape index (κ1) is 20.0. The Labute approximate surface area is 185 Å². The van der Waals surface area contributed by atoms with Crippen LogP contribution in [0.15, 0.2) is 85.1 Å². The lowest BCUT2D eigenvalue weighted by molar-refractivity contribution is -0.690. The predicted molar refractivity (Wildman–Crippen MR) is 120 cm³/mol. The first-order chi connectivity index (χ1) is 15.7. The highest BCUT2D eigenvalue weighted by atomic mass is 19.1. The molecule has 5 nitrogen and oxygen atoms in total. The molecule has 5 rings (SSSR count). The maximum Gasteiger partial charge on any atom is 0.266 e. The van der Waals surface area contributed by atoms with E-state index >= 15 is 0 Å². The maximum atomic E-state index is 13.3. The fourth-order valence-corrected chi connectivity index (χ4v) is 4.08. The van der Waals surface area contributed by atoms with Gasteiger partial charge in [-0.3, -0.25) is 4.79 Å². The number of imidazole rings is 1. The second-order valence-electron chi connectivity index (χ2n) is 7.81. The van der Waals surface area contributed by atoms with Crippen LogP contribution >= 0.6 is 0 Å². The summed E-state index contributed by atoms with van der Waals surface area (Å²) < 4.78 is 23.3. The summed E-state index contributed by atoms with van der Waals surface area (Å²) in [5.41, 5.74) is 2.67. The van der Waals surface area contributed by atoms with Crippen LogP contribution in [0.2, 0.25) is 0 Å². The second kappa shape index (κ2) is 8.67. The summed E-state index contributed by atoms with van der Waals surface area (Å²) in [6.07, 6.45) is 3.94. The highest BCUT2D eigenvalue weighted by Crippen LogP contribution is 2.25. The number of hydrogen-bond acceptors (Lipinski definition) is 2. The zero-order valence-electron chi connectivity index (χ0n) is 17.5. The Balaban J connectivity index is 1.27. The number of anilines is 1. The zero-order chi connectivity index (χ0) is 21.9. The highest BCUT2D eigenvalue weighted by Gasteiger charge is 2.29. The number of hydrogen-bond donors (Lipinski definition) is 1. The number of halogens is 1. The number of nitrogens with zero attached hydrogens (tertiary/aromatic N) is 2. The molecule has 0 atom stereocenters. The average Bonchev–Trinajstić information content (AvgIpc) is 3.41. The molecular formula is C26H23FN3O2+. The molecule has 2 heterocycles.